The molecule has 0 radical (unpaired) electrons. The molecular formula is C21H14ClFN2O4S. The highest BCUT2D eigenvalue weighted by molar-refractivity contribution is 7.91. The summed E-state index contributed by atoms with van der Waals surface area (Å²) in [6.45, 7) is 0.0717. The smallest absolute Gasteiger partial charge is 0.290 e. The first-order chi connectivity index (χ1) is 14.3. The Morgan fingerprint density at radius 2 is 1.97 bits per heavy atom. The van der Waals surface area contributed by atoms with Crippen LogP contribution in [0.2, 0.25) is 5.02 Å². The van der Waals surface area contributed by atoms with Crippen molar-refractivity contribution in [3.8, 4) is 28.5 Å². The molecule has 3 aromatic rings. The number of halogens is 2. The maximum atomic E-state index is 14.0. The van der Waals surface area contributed by atoms with Gasteiger partial charge in [-0.05, 0) is 42.0 Å². The molecule has 30 heavy (non-hydrogen) atoms. The van der Waals surface area contributed by atoms with Gasteiger partial charge in [0.05, 0.1) is 17.4 Å². The second-order valence-corrected chi connectivity index (χ2v) is 9.44. The van der Waals surface area contributed by atoms with E-state index < -0.39 is 21.6 Å². The first kappa shape index (κ1) is 20.1. The van der Waals surface area contributed by atoms with Gasteiger partial charge in [0.25, 0.3) is 5.91 Å². The molecule has 1 aliphatic heterocycles. The van der Waals surface area contributed by atoms with Gasteiger partial charge in [0, 0.05) is 22.7 Å². The number of nitriles is 1. The van der Waals surface area contributed by atoms with E-state index in [0.29, 0.717) is 22.3 Å². The molecule has 1 amide bonds. The van der Waals surface area contributed by atoms with Crippen molar-refractivity contribution in [3.63, 3.8) is 0 Å². The van der Waals surface area contributed by atoms with E-state index >= 15 is 0 Å². The van der Waals surface area contributed by atoms with Gasteiger partial charge in [-0.2, -0.15) is 5.26 Å². The van der Waals surface area contributed by atoms with Crippen molar-refractivity contribution >= 4 is 27.3 Å². The summed E-state index contributed by atoms with van der Waals surface area (Å²) in [5, 5.41) is 9.36. The molecule has 1 aromatic heterocycles. The molecule has 1 saturated heterocycles. The largest absolute Gasteiger partial charge is 0.450 e. The zero-order valence-electron chi connectivity index (χ0n) is 15.4. The number of rotatable bonds is 3. The summed E-state index contributed by atoms with van der Waals surface area (Å²) in [6.07, 6.45) is 0. The van der Waals surface area contributed by atoms with E-state index in [0.717, 1.165) is 6.07 Å². The maximum Gasteiger partial charge on any atom is 0.290 e. The molecule has 1 aliphatic rings. The molecule has 152 valence electrons. The summed E-state index contributed by atoms with van der Waals surface area (Å²) in [5.41, 5.74) is 1.68. The van der Waals surface area contributed by atoms with Crippen LogP contribution in [0.4, 0.5) is 4.39 Å². The van der Waals surface area contributed by atoms with Crippen LogP contribution in [0.5, 0.6) is 0 Å². The highest BCUT2D eigenvalue weighted by Crippen LogP contribution is 2.37. The van der Waals surface area contributed by atoms with Gasteiger partial charge < -0.3 is 9.32 Å². The van der Waals surface area contributed by atoms with Crippen molar-refractivity contribution in [1.82, 2.24) is 4.90 Å². The fourth-order valence-electron chi connectivity index (χ4n) is 3.30. The minimum Gasteiger partial charge on any atom is -0.450 e. The number of amides is 1. The van der Waals surface area contributed by atoms with Gasteiger partial charge in [-0.1, -0.05) is 23.7 Å². The number of sulfone groups is 1. The Morgan fingerprint density at radius 3 is 2.63 bits per heavy atom. The number of hydrogen-bond donors (Lipinski definition) is 0. The van der Waals surface area contributed by atoms with E-state index in [1.165, 1.54) is 23.1 Å². The zero-order valence-corrected chi connectivity index (χ0v) is 17.0. The Bertz CT molecular complexity index is 1290. The van der Waals surface area contributed by atoms with E-state index in [9.17, 15) is 22.9 Å². The second-order valence-electron chi connectivity index (χ2n) is 6.85. The van der Waals surface area contributed by atoms with Crippen LogP contribution >= 0.6 is 11.6 Å². The number of hydrogen-bond acceptors (Lipinski definition) is 5. The minimum absolute atomic E-state index is 0.0717. The first-order valence-electron chi connectivity index (χ1n) is 8.86. The quantitative estimate of drug-likeness (QED) is 0.606. The lowest BCUT2D eigenvalue weighted by atomic mass is 10.0. The number of furan rings is 1. The van der Waals surface area contributed by atoms with Crippen LogP contribution in [0.25, 0.3) is 22.5 Å². The number of carbonyl (C=O) groups is 1. The van der Waals surface area contributed by atoms with E-state index in [2.05, 4.69) is 0 Å². The van der Waals surface area contributed by atoms with Gasteiger partial charge in [-0.15, -0.1) is 0 Å². The van der Waals surface area contributed by atoms with Crippen molar-refractivity contribution in [2.45, 2.75) is 0 Å². The third kappa shape index (κ3) is 3.95. The fraction of sp³-hybridized carbons (Fsp3) is 0.143. The van der Waals surface area contributed by atoms with Gasteiger partial charge in [0.1, 0.15) is 17.5 Å². The molecule has 0 aliphatic carbocycles. The fourth-order valence-corrected chi connectivity index (χ4v) is 4.87. The summed E-state index contributed by atoms with van der Waals surface area (Å²) in [6, 6.07) is 14.0. The van der Waals surface area contributed by atoms with Gasteiger partial charge in [0.15, 0.2) is 15.6 Å². The Labute approximate surface area is 177 Å². The van der Waals surface area contributed by atoms with Gasteiger partial charge in [0.2, 0.25) is 0 Å². The zero-order chi connectivity index (χ0) is 21.5. The van der Waals surface area contributed by atoms with Crippen molar-refractivity contribution in [3.05, 3.63) is 70.7 Å². The molecule has 0 N–H and O–H groups in total. The summed E-state index contributed by atoms with van der Waals surface area (Å²) in [7, 11) is -3.32. The molecule has 9 heteroatoms. The molecule has 0 unspecified atom stereocenters. The Kier molecular flexibility index (Phi) is 5.10. The SMILES string of the molecule is N#Cc1cccc(-c2oc(C(=O)N3CCS(=O)(=O)C3)cc2-c2cc(F)cc(Cl)c2)c1. The lowest BCUT2D eigenvalue weighted by Crippen LogP contribution is -2.28. The van der Waals surface area contributed by atoms with Crippen molar-refractivity contribution in [1.29, 1.82) is 5.26 Å². The van der Waals surface area contributed by atoms with Crippen LogP contribution in [0.3, 0.4) is 0 Å². The lowest BCUT2D eigenvalue weighted by Gasteiger charge is -2.11. The maximum absolute atomic E-state index is 14.0. The molecule has 6 nitrogen and oxygen atoms in total. The van der Waals surface area contributed by atoms with Crippen LogP contribution < -0.4 is 0 Å². The molecule has 0 saturated carbocycles. The third-order valence-electron chi connectivity index (χ3n) is 4.68. The van der Waals surface area contributed by atoms with Gasteiger partial charge >= 0.3 is 0 Å². The monoisotopic (exact) mass is 444 g/mol. The Balaban J connectivity index is 1.85. The van der Waals surface area contributed by atoms with Crippen LogP contribution in [-0.2, 0) is 9.84 Å². The average molecular weight is 445 g/mol. The van der Waals surface area contributed by atoms with Crippen LogP contribution in [0.15, 0.2) is 52.9 Å². The molecule has 0 spiro atoms. The van der Waals surface area contributed by atoms with Gasteiger partial charge in [-0.25, -0.2) is 12.8 Å². The lowest BCUT2D eigenvalue weighted by molar-refractivity contribution is 0.0771. The summed E-state index contributed by atoms with van der Waals surface area (Å²) >= 11 is 5.99. The topological polar surface area (TPSA) is 91.4 Å². The minimum atomic E-state index is -3.32. The van der Waals surface area contributed by atoms with Crippen LogP contribution in [0, 0.1) is 17.1 Å². The molecule has 4 rings (SSSR count). The number of nitrogens with zero attached hydrogens (tertiary/aromatic N) is 2. The van der Waals surface area contributed by atoms with Crippen molar-refractivity contribution < 1.29 is 22.0 Å². The van der Waals surface area contributed by atoms with Gasteiger partial charge in [-0.3, -0.25) is 4.79 Å². The normalized spacial score (nSPS) is 15.2. The van der Waals surface area contributed by atoms with Crippen LogP contribution in [0.1, 0.15) is 16.1 Å². The standard InChI is InChI=1S/C21H14ClFN2O4S/c22-16-7-15(8-17(23)9-16)18-10-19(21(26)25-4-5-30(27,28)12-25)29-20(18)14-3-1-2-13(6-14)11-24/h1-3,6-10H,4-5,12H2. The molecular weight excluding hydrogens is 431 g/mol. The summed E-state index contributed by atoms with van der Waals surface area (Å²) in [4.78, 5) is 14.0. The third-order valence-corrected chi connectivity index (χ3v) is 6.41. The molecule has 2 heterocycles. The predicted molar refractivity (Wildman–Crippen MR) is 109 cm³/mol. The molecule has 2 aromatic carbocycles. The summed E-state index contributed by atoms with van der Waals surface area (Å²) < 4.78 is 43.2. The number of benzene rings is 2. The highest BCUT2D eigenvalue weighted by Gasteiger charge is 2.32. The molecule has 0 atom stereocenters. The Hall–Kier alpha value is -3.15. The summed E-state index contributed by atoms with van der Waals surface area (Å²) in [5.74, 6) is -1.47. The Morgan fingerprint density at radius 1 is 1.17 bits per heavy atom. The number of carbonyl (C=O) groups excluding carboxylic acids is 1. The average Bonchev–Trinajstić information content (AvgIpc) is 3.30. The van der Waals surface area contributed by atoms with Crippen LogP contribution in [-0.4, -0.2) is 37.4 Å². The van der Waals surface area contributed by atoms with E-state index in [-0.39, 0.29) is 34.7 Å². The van der Waals surface area contributed by atoms with E-state index in [1.807, 2.05) is 6.07 Å². The van der Waals surface area contributed by atoms with E-state index in [1.54, 1.807) is 24.3 Å². The molecule has 0 bridgehead atoms. The van der Waals surface area contributed by atoms with Crippen molar-refractivity contribution in [2.75, 3.05) is 18.2 Å². The second kappa shape index (κ2) is 7.59. The first-order valence-corrected chi connectivity index (χ1v) is 11.1. The van der Waals surface area contributed by atoms with Crippen molar-refractivity contribution in [2.24, 2.45) is 0 Å². The molecule has 1 fully saturated rings. The van der Waals surface area contributed by atoms with E-state index in [4.69, 9.17) is 16.0 Å². The predicted octanol–water partition coefficient (Wildman–Crippen LogP) is 4.11. The highest BCUT2D eigenvalue weighted by atomic mass is 35.5.